The summed E-state index contributed by atoms with van der Waals surface area (Å²) in [7, 11) is 1.38. The molecule has 6 nitrogen and oxygen atoms in total. The van der Waals surface area contributed by atoms with Gasteiger partial charge in [-0.1, -0.05) is 30.3 Å². The van der Waals surface area contributed by atoms with Crippen LogP contribution in [-0.4, -0.2) is 27.6 Å². The fourth-order valence-electron chi connectivity index (χ4n) is 2.70. The molecule has 8 heteroatoms. The third-order valence-electron chi connectivity index (χ3n) is 3.95. The van der Waals surface area contributed by atoms with Gasteiger partial charge in [-0.05, 0) is 12.1 Å². The average molecular weight is 354 g/mol. The number of hydrogen-bond acceptors (Lipinski definition) is 4. The van der Waals surface area contributed by atoms with E-state index in [1.54, 1.807) is 12.1 Å². The van der Waals surface area contributed by atoms with E-state index in [0.717, 1.165) is 11.0 Å². The summed E-state index contributed by atoms with van der Waals surface area (Å²) < 4.78 is 34.2. The lowest BCUT2D eigenvalue weighted by Gasteiger charge is -2.17. The lowest BCUT2D eigenvalue weighted by atomic mass is 10.1. The summed E-state index contributed by atoms with van der Waals surface area (Å²) in [5.74, 6) is -2.09. The molecule has 0 spiro atoms. The van der Waals surface area contributed by atoms with Gasteiger partial charge in [-0.25, -0.2) is 8.78 Å². The van der Waals surface area contributed by atoms with Crippen LogP contribution in [0.3, 0.4) is 0 Å². The van der Waals surface area contributed by atoms with Crippen LogP contribution in [0.25, 0.3) is 17.1 Å². The molecule has 0 N–H and O–H groups in total. The Kier molecular flexibility index (Phi) is 3.72. The van der Waals surface area contributed by atoms with Crippen LogP contribution in [-0.2, 0) is 0 Å². The second kappa shape index (κ2) is 6.07. The molecule has 26 heavy (non-hydrogen) atoms. The molecule has 0 aliphatic carbocycles. The number of halogens is 2. The summed E-state index contributed by atoms with van der Waals surface area (Å²) in [6.45, 7) is 0. The Bertz CT molecular complexity index is 1110. The van der Waals surface area contributed by atoms with E-state index < -0.39 is 17.5 Å². The molecule has 0 aliphatic heterocycles. The maximum Gasteiger partial charge on any atom is 0.325 e. The summed E-state index contributed by atoms with van der Waals surface area (Å²) in [5.41, 5.74) is 1.02. The summed E-state index contributed by atoms with van der Waals surface area (Å²) in [6.07, 6.45) is 1.31. The van der Waals surface area contributed by atoms with E-state index in [4.69, 9.17) is 4.42 Å². The molecule has 0 fully saturated rings. The predicted octanol–water partition coefficient (Wildman–Crippen LogP) is 3.54. The zero-order valence-corrected chi connectivity index (χ0v) is 13.6. The van der Waals surface area contributed by atoms with Gasteiger partial charge >= 0.3 is 5.84 Å². The van der Waals surface area contributed by atoms with Crippen molar-refractivity contribution < 1.29 is 18.0 Å². The zero-order valence-electron chi connectivity index (χ0n) is 13.6. The van der Waals surface area contributed by atoms with Crippen LogP contribution in [0, 0.1) is 11.6 Å². The number of fused-ring (bicyclic) bond motifs is 1. The van der Waals surface area contributed by atoms with Gasteiger partial charge in [-0.3, -0.25) is 4.79 Å². The van der Waals surface area contributed by atoms with E-state index in [0.29, 0.717) is 17.3 Å². The Morgan fingerprint density at radius 2 is 1.92 bits per heavy atom. The minimum Gasteiger partial charge on any atom is -0.416 e. The SMILES string of the molecule is CN(C(=O)c1oc2ncnn2c1-c1ccccc1)c1ccc(F)cc1F. The lowest BCUT2D eigenvalue weighted by Crippen LogP contribution is -2.27. The number of aromatic nitrogens is 3. The Hall–Kier alpha value is -3.55. The molecule has 0 saturated carbocycles. The molecule has 4 aromatic rings. The van der Waals surface area contributed by atoms with Gasteiger partial charge in [0.1, 0.15) is 23.7 Å². The molecule has 0 atom stereocenters. The van der Waals surface area contributed by atoms with Crippen LogP contribution < -0.4 is 4.90 Å². The first-order valence-electron chi connectivity index (χ1n) is 7.67. The van der Waals surface area contributed by atoms with Crippen molar-refractivity contribution in [3.63, 3.8) is 0 Å². The second-order valence-corrected chi connectivity index (χ2v) is 5.56. The van der Waals surface area contributed by atoms with Gasteiger partial charge in [-0.15, -0.1) is 0 Å². The molecule has 2 heterocycles. The first kappa shape index (κ1) is 15.9. The number of benzene rings is 2. The molecule has 2 aromatic carbocycles. The zero-order chi connectivity index (χ0) is 18.3. The van der Waals surface area contributed by atoms with Gasteiger partial charge in [0, 0.05) is 18.7 Å². The Morgan fingerprint density at radius 1 is 1.15 bits per heavy atom. The standard InChI is InChI=1S/C18H12F2N4O2/c1-23(14-8-7-12(19)9-13(14)20)17(25)16-15(11-5-3-2-4-6-11)24-18(26-16)21-10-22-24/h2-10H,1H3. The molecule has 4 rings (SSSR count). The van der Waals surface area contributed by atoms with E-state index in [1.807, 2.05) is 18.2 Å². The van der Waals surface area contributed by atoms with Crippen molar-refractivity contribution in [1.29, 1.82) is 0 Å². The third kappa shape index (κ3) is 2.52. The van der Waals surface area contributed by atoms with Crippen molar-refractivity contribution >= 4 is 17.4 Å². The smallest absolute Gasteiger partial charge is 0.325 e. The van der Waals surface area contributed by atoms with E-state index in [9.17, 15) is 13.6 Å². The van der Waals surface area contributed by atoms with Crippen LogP contribution in [0.1, 0.15) is 10.6 Å². The quantitative estimate of drug-likeness (QED) is 0.564. The van der Waals surface area contributed by atoms with Crippen molar-refractivity contribution in [3.05, 3.63) is 72.3 Å². The monoisotopic (exact) mass is 354 g/mol. The number of carbonyl (C=O) groups is 1. The maximum absolute atomic E-state index is 14.1. The second-order valence-electron chi connectivity index (χ2n) is 5.56. The first-order valence-corrected chi connectivity index (χ1v) is 7.67. The van der Waals surface area contributed by atoms with Crippen molar-refractivity contribution in [3.8, 4) is 11.3 Å². The summed E-state index contributed by atoms with van der Waals surface area (Å²) in [4.78, 5) is 18.0. The van der Waals surface area contributed by atoms with Crippen LogP contribution in [0.4, 0.5) is 14.5 Å². The topological polar surface area (TPSA) is 63.6 Å². The number of rotatable bonds is 3. The van der Waals surface area contributed by atoms with Gasteiger partial charge in [0.05, 0.1) is 5.69 Å². The van der Waals surface area contributed by atoms with Gasteiger partial charge in [0.15, 0.2) is 0 Å². The highest BCUT2D eigenvalue weighted by atomic mass is 19.1. The van der Waals surface area contributed by atoms with Gasteiger partial charge < -0.3 is 9.32 Å². The number of amides is 1. The van der Waals surface area contributed by atoms with E-state index >= 15 is 0 Å². The van der Waals surface area contributed by atoms with Crippen LogP contribution in [0.15, 0.2) is 59.3 Å². The molecule has 0 saturated heterocycles. The van der Waals surface area contributed by atoms with E-state index in [2.05, 4.69) is 10.1 Å². The molecule has 1 amide bonds. The van der Waals surface area contributed by atoms with Crippen molar-refractivity contribution in [1.82, 2.24) is 14.6 Å². The number of carbonyl (C=O) groups excluding carboxylic acids is 1. The third-order valence-corrected chi connectivity index (χ3v) is 3.95. The van der Waals surface area contributed by atoms with Crippen molar-refractivity contribution in [2.45, 2.75) is 0 Å². The highest BCUT2D eigenvalue weighted by Crippen LogP contribution is 2.29. The molecule has 0 unspecified atom stereocenters. The summed E-state index contributed by atoms with van der Waals surface area (Å²) in [5, 5.41) is 4.08. The lowest BCUT2D eigenvalue weighted by molar-refractivity contribution is 0.0968. The molecule has 2 aromatic heterocycles. The fraction of sp³-hybridized carbons (Fsp3) is 0.0556. The minimum atomic E-state index is -0.850. The molecular weight excluding hydrogens is 342 g/mol. The van der Waals surface area contributed by atoms with Crippen LogP contribution in [0.5, 0.6) is 0 Å². The number of nitrogens with zero attached hydrogens (tertiary/aromatic N) is 4. The maximum atomic E-state index is 14.1. The van der Waals surface area contributed by atoms with Crippen LogP contribution in [0.2, 0.25) is 0 Å². The van der Waals surface area contributed by atoms with E-state index in [1.165, 1.54) is 24.0 Å². The number of oxazole rings is 1. The van der Waals surface area contributed by atoms with E-state index in [-0.39, 0.29) is 17.3 Å². The first-order chi connectivity index (χ1) is 12.6. The minimum absolute atomic E-state index is 0.0435. The fourth-order valence-corrected chi connectivity index (χ4v) is 2.70. The normalized spacial score (nSPS) is 11.0. The Morgan fingerprint density at radius 3 is 2.65 bits per heavy atom. The van der Waals surface area contributed by atoms with Crippen molar-refractivity contribution in [2.24, 2.45) is 0 Å². The van der Waals surface area contributed by atoms with Crippen LogP contribution >= 0.6 is 0 Å². The highest BCUT2D eigenvalue weighted by molar-refractivity contribution is 6.07. The Labute approximate surface area is 146 Å². The Balaban J connectivity index is 1.84. The molecular formula is C18H12F2N4O2. The highest BCUT2D eigenvalue weighted by Gasteiger charge is 2.27. The predicted molar refractivity (Wildman–Crippen MR) is 89.8 cm³/mol. The van der Waals surface area contributed by atoms with Gasteiger partial charge in [-0.2, -0.15) is 14.6 Å². The summed E-state index contributed by atoms with van der Waals surface area (Å²) >= 11 is 0. The molecule has 130 valence electrons. The molecule has 0 bridgehead atoms. The molecule has 0 radical (unpaired) electrons. The number of anilines is 1. The largest absolute Gasteiger partial charge is 0.416 e. The van der Waals surface area contributed by atoms with Crippen molar-refractivity contribution in [2.75, 3.05) is 11.9 Å². The van der Waals surface area contributed by atoms with Gasteiger partial charge in [0.2, 0.25) is 5.76 Å². The number of hydrogen-bond donors (Lipinski definition) is 0. The average Bonchev–Trinajstić information content (AvgIpc) is 3.22. The van der Waals surface area contributed by atoms with Gasteiger partial charge in [0.25, 0.3) is 5.91 Å². The summed E-state index contributed by atoms with van der Waals surface area (Å²) in [6, 6.07) is 12.0. The molecule has 0 aliphatic rings.